The van der Waals surface area contributed by atoms with Gasteiger partial charge in [0.05, 0.1) is 12.2 Å². The fourth-order valence-corrected chi connectivity index (χ4v) is 2.18. The molecule has 20 heavy (non-hydrogen) atoms. The van der Waals surface area contributed by atoms with Crippen molar-refractivity contribution in [3.63, 3.8) is 0 Å². The Labute approximate surface area is 121 Å². The van der Waals surface area contributed by atoms with Crippen molar-refractivity contribution in [2.75, 3.05) is 6.61 Å². The third-order valence-electron chi connectivity index (χ3n) is 3.37. The second-order valence-corrected chi connectivity index (χ2v) is 5.10. The van der Waals surface area contributed by atoms with Crippen LogP contribution in [0.3, 0.4) is 0 Å². The Morgan fingerprint density at radius 1 is 1.05 bits per heavy atom. The summed E-state index contributed by atoms with van der Waals surface area (Å²) in [6.07, 6.45) is 10.3. The predicted octanol–water partition coefficient (Wildman–Crippen LogP) is 5.16. The van der Waals surface area contributed by atoms with Gasteiger partial charge in [-0.15, -0.1) is 0 Å². The molecule has 0 aliphatic carbocycles. The van der Waals surface area contributed by atoms with Crippen molar-refractivity contribution in [1.82, 2.24) is 0 Å². The van der Waals surface area contributed by atoms with E-state index in [4.69, 9.17) is 4.74 Å². The Hall–Kier alpha value is -1.38. The van der Waals surface area contributed by atoms with E-state index >= 15 is 0 Å². The first-order valence-corrected chi connectivity index (χ1v) is 7.66. The third kappa shape index (κ3) is 6.18. The van der Waals surface area contributed by atoms with E-state index in [0.717, 1.165) is 12.8 Å². The number of rotatable bonds is 11. The van der Waals surface area contributed by atoms with Gasteiger partial charge in [-0.3, -0.25) is 4.79 Å². The molecule has 1 aromatic rings. The molecule has 0 amide bonds. The average Bonchev–Trinajstić information content (AvgIpc) is 2.46. The Kier molecular flexibility index (Phi) is 8.68. The maximum atomic E-state index is 13.5. The van der Waals surface area contributed by atoms with Gasteiger partial charge in [-0.05, 0) is 18.6 Å². The SMILES string of the molecule is CCCCCCCCCCOc1c(F)cccc1C=O. The van der Waals surface area contributed by atoms with Gasteiger partial charge in [0.25, 0.3) is 0 Å². The van der Waals surface area contributed by atoms with E-state index in [1.807, 2.05) is 0 Å². The smallest absolute Gasteiger partial charge is 0.165 e. The molecule has 0 aliphatic rings. The number of carbonyl (C=O) groups is 1. The summed E-state index contributed by atoms with van der Waals surface area (Å²) in [6.45, 7) is 2.68. The molecule has 2 nitrogen and oxygen atoms in total. The Morgan fingerprint density at radius 3 is 2.35 bits per heavy atom. The minimum absolute atomic E-state index is 0.0884. The molecule has 0 bridgehead atoms. The molecule has 112 valence electrons. The molecule has 3 heteroatoms. The van der Waals surface area contributed by atoms with Gasteiger partial charge in [0, 0.05) is 0 Å². The minimum atomic E-state index is -0.464. The maximum absolute atomic E-state index is 13.5. The lowest BCUT2D eigenvalue weighted by Gasteiger charge is -2.09. The van der Waals surface area contributed by atoms with Crippen molar-refractivity contribution in [2.45, 2.75) is 58.3 Å². The lowest BCUT2D eigenvalue weighted by atomic mass is 10.1. The zero-order valence-electron chi connectivity index (χ0n) is 12.4. The van der Waals surface area contributed by atoms with Crippen LogP contribution in [-0.4, -0.2) is 12.9 Å². The molecule has 1 rings (SSSR count). The van der Waals surface area contributed by atoms with Gasteiger partial charge in [-0.2, -0.15) is 0 Å². The number of benzene rings is 1. The highest BCUT2D eigenvalue weighted by molar-refractivity contribution is 5.79. The zero-order valence-corrected chi connectivity index (χ0v) is 12.4. The van der Waals surface area contributed by atoms with Gasteiger partial charge in [-0.25, -0.2) is 4.39 Å². The summed E-state index contributed by atoms with van der Waals surface area (Å²) in [6, 6.07) is 4.40. The van der Waals surface area contributed by atoms with E-state index < -0.39 is 5.82 Å². The van der Waals surface area contributed by atoms with Gasteiger partial charge in [0.2, 0.25) is 0 Å². The van der Waals surface area contributed by atoms with Crippen LogP contribution in [0.4, 0.5) is 4.39 Å². The molecular formula is C17H25FO2. The second kappa shape index (κ2) is 10.4. The Balaban J connectivity index is 2.14. The van der Waals surface area contributed by atoms with E-state index in [9.17, 15) is 9.18 Å². The summed E-state index contributed by atoms with van der Waals surface area (Å²) in [5.74, 6) is -0.375. The standard InChI is InChI=1S/C17H25FO2/c1-2-3-4-5-6-7-8-9-13-20-17-15(14-19)11-10-12-16(17)18/h10-12,14H,2-9,13H2,1H3. The number of hydrogen-bond donors (Lipinski definition) is 0. The van der Waals surface area contributed by atoms with Crippen molar-refractivity contribution >= 4 is 6.29 Å². The molecule has 1 aromatic carbocycles. The van der Waals surface area contributed by atoms with E-state index in [0.29, 0.717) is 12.9 Å². The average molecular weight is 280 g/mol. The van der Waals surface area contributed by atoms with Gasteiger partial charge in [0.15, 0.2) is 17.9 Å². The van der Waals surface area contributed by atoms with Crippen molar-refractivity contribution in [3.8, 4) is 5.75 Å². The summed E-state index contributed by atoms with van der Waals surface area (Å²) < 4.78 is 18.9. The summed E-state index contributed by atoms with van der Waals surface area (Å²) in [5.41, 5.74) is 0.282. The van der Waals surface area contributed by atoms with E-state index in [1.165, 1.54) is 50.7 Å². The molecule has 0 atom stereocenters. The van der Waals surface area contributed by atoms with Gasteiger partial charge < -0.3 is 4.74 Å². The number of carbonyl (C=O) groups excluding carboxylic acids is 1. The molecule has 0 spiro atoms. The number of hydrogen-bond acceptors (Lipinski definition) is 2. The van der Waals surface area contributed by atoms with E-state index in [1.54, 1.807) is 6.07 Å². The van der Waals surface area contributed by atoms with Gasteiger partial charge in [0.1, 0.15) is 0 Å². The lowest BCUT2D eigenvalue weighted by molar-refractivity contribution is 0.111. The van der Waals surface area contributed by atoms with Crippen molar-refractivity contribution in [2.24, 2.45) is 0 Å². The summed E-state index contributed by atoms with van der Waals surface area (Å²) in [4.78, 5) is 10.8. The number of ether oxygens (including phenoxy) is 1. The monoisotopic (exact) mass is 280 g/mol. The first kappa shape index (κ1) is 16.7. The summed E-state index contributed by atoms with van der Waals surface area (Å²) >= 11 is 0. The highest BCUT2D eigenvalue weighted by atomic mass is 19.1. The number of unbranched alkanes of at least 4 members (excludes halogenated alkanes) is 7. The maximum Gasteiger partial charge on any atom is 0.165 e. The predicted molar refractivity (Wildman–Crippen MR) is 79.9 cm³/mol. The van der Waals surface area contributed by atoms with Crippen molar-refractivity contribution in [3.05, 3.63) is 29.6 Å². The molecule has 0 radical (unpaired) electrons. The molecule has 0 saturated carbocycles. The molecule has 0 aromatic heterocycles. The van der Waals surface area contributed by atoms with Crippen molar-refractivity contribution in [1.29, 1.82) is 0 Å². The molecule has 0 N–H and O–H groups in total. The summed E-state index contributed by atoms with van der Waals surface area (Å²) in [5, 5.41) is 0. The van der Waals surface area contributed by atoms with Crippen LogP contribution in [0.1, 0.15) is 68.6 Å². The van der Waals surface area contributed by atoms with E-state index in [-0.39, 0.29) is 11.3 Å². The molecule has 0 saturated heterocycles. The highest BCUT2D eigenvalue weighted by Gasteiger charge is 2.08. The van der Waals surface area contributed by atoms with E-state index in [2.05, 4.69) is 6.92 Å². The van der Waals surface area contributed by atoms with Crippen LogP contribution in [-0.2, 0) is 0 Å². The van der Waals surface area contributed by atoms with Crippen LogP contribution >= 0.6 is 0 Å². The lowest BCUT2D eigenvalue weighted by Crippen LogP contribution is -2.02. The molecule has 0 fully saturated rings. The number of para-hydroxylation sites is 1. The topological polar surface area (TPSA) is 26.3 Å². The fraction of sp³-hybridized carbons (Fsp3) is 0.588. The van der Waals surface area contributed by atoms with Crippen LogP contribution < -0.4 is 4.74 Å². The molecule has 0 aliphatic heterocycles. The Morgan fingerprint density at radius 2 is 1.70 bits per heavy atom. The molecule has 0 heterocycles. The van der Waals surface area contributed by atoms with Gasteiger partial charge in [-0.1, -0.05) is 57.9 Å². The first-order valence-electron chi connectivity index (χ1n) is 7.66. The summed E-state index contributed by atoms with van der Waals surface area (Å²) in [7, 11) is 0. The largest absolute Gasteiger partial charge is 0.490 e. The quantitative estimate of drug-likeness (QED) is 0.413. The second-order valence-electron chi connectivity index (χ2n) is 5.10. The van der Waals surface area contributed by atoms with Crippen LogP contribution in [0.25, 0.3) is 0 Å². The van der Waals surface area contributed by atoms with Crippen LogP contribution in [0, 0.1) is 5.82 Å². The van der Waals surface area contributed by atoms with Gasteiger partial charge >= 0.3 is 0 Å². The first-order chi connectivity index (χ1) is 9.79. The molecular weight excluding hydrogens is 255 g/mol. The highest BCUT2D eigenvalue weighted by Crippen LogP contribution is 2.21. The van der Waals surface area contributed by atoms with Crippen LogP contribution in [0.15, 0.2) is 18.2 Å². The normalized spacial score (nSPS) is 10.5. The third-order valence-corrected chi connectivity index (χ3v) is 3.37. The Bertz CT molecular complexity index is 391. The number of aldehydes is 1. The fourth-order valence-electron chi connectivity index (χ4n) is 2.18. The van der Waals surface area contributed by atoms with Crippen LogP contribution in [0.5, 0.6) is 5.75 Å². The zero-order chi connectivity index (χ0) is 14.6. The van der Waals surface area contributed by atoms with Crippen LogP contribution in [0.2, 0.25) is 0 Å². The number of halogens is 1. The minimum Gasteiger partial charge on any atom is -0.490 e. The molecule has 0 unspecified atom stereocenters. The van der Waals surface area contributed by atoms with Crippen molar-refractivity contribution < 1.29 is 13.9 Å².